The van der Waals surface area contributed by atoms with Gasteiger partial charge >= 0.3 is 0 Å². The number of primary amides is 1. The first-order valence-electron chi connectivity index (χ1n) is 4.41. The normalized spacial score (nSPS) is 29.8. The van der Waals surface area contributed by atoms with E-state index < -0.39 is 0 Å². The first-order valence-corrected chi connectivity index (χ1v) is 4.41. The van der Waals surface area contributed by atoms with Crippen molar-refractivity contribution in [3.8, 4) is 0 Å². The molecule has 12 heavy (non-hydrogen) atoms. The van der Waals surface area contributed by atoms with Crippen LogP contribution in [0.2, 0.25) is 0 Å². The topological polar surface area (TPSA) is 60.2 Å². The second kappa shape index (κ2) is 3.70. The molecule has 1 aliphatic carbocycles. The van der Waals surface area contributed by atoms with Crippen molar-refractivity contribution in [1.82, 2.24) is 0 Å². The Hall–Kier alpha value is -0.860. The molecule has 2 N–H and O–H groups in total. The quantitative estimate of drug-likeness (QED) is 0.666. The van der Waals surface area contributed by atoms with Crippen molar-refractivity contribution < 1.29 is 9.59 Å². The number of amides is 1. The van der Waals surface area contributed by atoms with Crippen LogP contribution in [-0.2, 0) is 9.59 Å². The van der Waals surface area contributed by atoms with Crippen LogP contribution < -0.4 is 5.73 Å². The molecule has 3 heteroatoms. The number of Topliss-reactive ketones (excluding diaryl/α,β-unsaturated/α-hetero) is 1. The van der Waals surface area contributed by atoms with Crippen molar-refractivity contribution >= 4 is 11.7 Å². The zero-order chi connectivity index (χ0) is 9.14. The van der Waals surface area contributed by atoms with Gasteiger partial charge in [-0.05, 0) is 26.2 Å². The van der Waals surface area contributed by atoms with E-state index in [1.807, 2.05) is 0 Å². The van der Waals surface area contributed by atoms with E-state index in [-0.39, 0.29) is 23.5 Å². The van der Waals surface area contributed by atoms with Gasteiger partial charge in [0, 0.05) is 11.8 Å². The molecular formula is C9H15NO2. The number of hydrogen-bond acceptors (Lipinski definition) is 2. The van der Waals surface area contributed by atoms with Crippen LogP contribution in [-0.4, -0.2) is 11.7 Å². The minimum atomic E-state index is -0.249. The highest BCUT2D eigenvalue weighted by Crippen LogP contribution is 2.29. The maximum Gasteiger partial charge on any atom is 0.220 e. The maximum atomic E-state index is 11.0. The van der Waals surface area contributed by atoms with Gasteiger partial charge in [0.2, 0.25) is 5.91 Å². The highest BCUT2D eigenvalue weighted by molar-refractivity contribution is 5.81. The number of hydrogen-bond donors (Lipinski definition) is 1. The second-order valence-corrected chi connectivity index (χ2v) is 3.57. The largest absolute Gasteiger partial charge is 0.369 e. The summed E-state index contributed by atoms with van der Waals surface area (Å²) in [5.41, 5.74) is 5.18. The van der Waals surface area contributed by atoms with Crippen molar-refractivity contribution in [1.29, 1.82) is 0 Å². The Bertz CT molecular complexity index is 181. The van der Waals surface area contributed by atoms with Gasteiger partial charge in [-0.3, -0.25) is 9.59 Å². The fraction of sp³-hybridized carbons (Fsp3) is 0.778. The summed E-state index contributed by atoms with van der Waals surface area (Å²) in [4.78, 5) is 21.8. The summed E-state index contributed by atoms with van der Waals surface area (Å²) in [6.45, 7) is 1.59. The smallest absolute Gasteiger partial charge is 0.220 e. The van der Waals surface area contributed by atoms with Crippen LogP contribution in [0, 0.1) is 11.8 Å². The fourth-order valence-electron chi connectivity index (χ4n) is 1.82. The van der Waals surface area contributed by atoms with Gasteiger partial charge in [0.25, 0.3) is 0 Å². The molecule has 1 amide bonds. The predicted molar refractivity (Wildman–Crippen MR) is 45.3 cm³/mol. The molecule has 68 valence electrons. The van der Waals surface area contributed by atoms with Crippen LogP contribution in [0.5, 0.6) is 0 Å². The van der Waals surface area contributed by atoms with Crippen LogP contribution >= 0.6 is 0 Å². The number of carbonyl (C=O) groups is 2. The summed E-state index contributed by atoms with van der Waals surface area (Å²) in [5.74, 6) is -0.0363. The molecule has 0 radical (unpaired) electrons. The first kappa shape index (κ1) is 9.23. The molecule has 2 atom stereocenters. The van der Waals surface area contributed by atoms with Crippen molar-refractivity contribution in [2.45, 2.75) is 32.6 Å². The lowest BCUT2D eigenvalue weighted by Gasteiger charge is -2.24. The van der Waals surface area contributed by atoms with Gasteiger partial charge in [-0.2, -0.15) is 0 Å². The monoisotopic (exact) mass is 169 g/mol. The lowest BCUT2D eigenvalue weighted by atomic mass is 9.79. The van der Waals surface area contributed by atoms with E-state index in [1.165, 1.54) is 0 Å². The summed E-state index contributed by atoms with van der Waals surface area (Å²) in [6, 6.07) is 0. The molecule has 0 heterocycles. The Morgan fingerprint density at radius 1 is 1.25 bits per heavy atom. The zero-order valence-corrected chi connectivity index (χ0v) is 7.38. The average Bonchev–Trinajstić information content (AvgIpc) is 2.04. The molecule has 1 aliphatic rings. The minimum Gasteiger partial charge on any atom is -0.369 e. The van der Waals surface area contributed by atoms with Gasteiger partial charge in [-0.1, -0.05) is 6.42 Å². The average molecular weight is 169 g/mol. The van der Waals surface area contributed by atoms with E-state index in [0.29, 0.717) is 6.42 Å². The van der Waals surface area contributed by atoms with E-state index in [0.717, 1.165) is 19.3 Å². The Balaban J connectivity index is 2.51. The summed E-state index contributed by atoms with van der Waals surface area (Å²) in [6.07, 6.45) is 3.42. The Morgan fingerprint density at radius 2 is 1.83 bits per heavy atom. The van der Waals surface area contributed by atoms with E-state index >= 15 is 0 Å². The Kier molecular flexibility index (Phi) is 2.84. The molecule has 0 aliphatic heterocycles. The highest BCUT2D eigenvalue weighted by Gasteiger charge is 2.27. The predicted octanol–water partition coefficient (Wildman–Crippen LogP) is 0.867. The number of nitrogens with two attached hydrogens (primary N) is 1. The SMILES string of the molecule is CC(=O)C1CCCC(C(N)=O)C1. The van der Waals surface area contributed by atoms with E-state index in [4.69, 9.17) is 5.73 Å². The molecule has 0 bridgehead atoms. The Morgan fingerprint density at radius 3 is 2.33 bits per heavy atom. The molecular weight excluding hydrogens is 154 g/mol. The van der Waals surface area contributed by atoms with Crippen LogP contribution in [0.25, 0.3) is 0 Å². The molecule has 0 aromatic heterocycles. The molecule has 1 rings (SSSR count). The van der Waals surface area contributed by atoms with E-state index in [1.54, 1.807) is 6.92 Å². The van der Waals surface area contributed by atoms with Gasteiger partial charge in [-0.15, -0.1) is 0 Å². The molecule has 0 spiro atoms. The maximum absolute atomic E-state index is 11.0. The lowest BCUT2D eigenvalue weighted by molar-refractivity contribution is -0.126. The van der Waals surface area contributed by atoms with Crippen LogP contribution in [0.4, 0.5) is 0 Å². The highest BCUT2D eigenvalue weighted by atomic mass is 16.1. The zero-order valence-electron chi connectivity index (χ0n) is 7.38. The summed E-state index contributed by atoms with van der Waals surface area (Å²) < 4.78 is 0. The molecule has 3 nitrogen and oxygen atoms in total. The van der Waals surface area contributed by atoms with Gasteiger partial charge in [0.1, 0.15) is 5.78 Å². The van der Waals surface area contributed by atoms with Crippen molar-refractivity contribution in [3.63, 3.8) is 0 Å². The Labute approximate surface area is 72.3 Å². The summed E-state index contributed by atoms with van der Waals surface area (Å²) in [5, 5.41) is 0. The summed E-state index contributed by atoms with van der Waals surface area (Å²) >= 11 is 0. The molecule has 0 saturated heterocycles. The third-order valence-electron chi connectivity index (χ3n) is 2.65. The molecule has 2 unspecified atom stereocenters. The standard InChI is InChI=1S/C9H15NO2/c1-6(11)7-3-2-4-8(5-7)9(10)12/h7-8H,2-5H2,1H3,(H2,10,12). The molecule has 1 saturated carbocycles. The van der Waals surface area contributed by atoms with E-state index in [2.05, 4.69) is 0 Å². The van der Waals surface area contributed by atoms with Crippen LogP contribution in [0.3, 0.4) is 0 Å². The van der Waals surface area contributed by atoms with Gasteiger partial charge < -0.3 is 5.73 Å². The molecule has 1 fully saturated rings. The fourth-order valence-corrected chi connectivity index (χ4v) is 1.82. The minimum absolute atomic E-state index is 0.0624. The summed E-state index contributed by atoms with van der Waals surface area (Å²) in [7, 11) is 0. The second-order valence-electron chi connectivity index (χ2n) is 3.57. The third kappa shape index (κ3) is 2.06. The lowest BCUT2D eigenvalue weighted by Crippen LogP contribution is -2.30. The number of carbonyl (C=O) groups excluding carboxylic acids is 2. The van der Waals surface area contributed by atoms with E-state index in [9.17, 15) is 9.59 Å². The van der Waals surface area contributed by atoms with Crippen LogP contribution in [0.1, 0.15) is 32.6 Å². The van der Waals surface area contributed by atoms with Crippen molar-refractivity contribution in [2.75, 3.05) is 0 Å². The number of rotatable bonds is 2. The van der Waals surface area contributed by atoms with Crippen molar-refractivity contribution in [3.05, 3.63) is 0 Å². The van der Waals surface area contributed by atoms with Gasteiger partial charge in [0.05, 0.1) is 0 Å². The third-order valence-corrected chi connectivity index (χ3v) is 2.65. The molecule has 0 aromatic carbocycles. The van der Waals surface area contributed by atoms with Gasteiger partial charge in [0.15, 0.2) is 0 Å². The first-order chi connectivity index (χ1) is 5.61. The van der Waals surface area contributed by atoms with Crippen LogP contribution in [0.15, 0.2) is 0 Å². The number of ketones is 1. The van der Waals surface area contributed by atoms with Crippen molar-refractivity contribution in [2.24, 2.45) is 17.6 Å². The van der Waals surface area contributed by atoms with Gasteiger partial charge in [-0.25, -0.2) is 0 Å². The molecule has 0 aromatic rings.